The normalized spacial score (nSPS) is 26.4. The van der Waals surface area contributed by atoms with Crippen LogP contribution in [0, 0.1) is 27.8 Å². The van der Waals surface area contributed by atoms with E-state index in [4.69, 9.17) is 0 Å². The summed E-state index contributed by atoms with van der Waals surface area (Å²) in [4.78, 5) is 12.5. The van der Waals surface area contributed by atoms with E-state index >= 15 is 0 Å². The van der Waals surface area contributed by atoms with E-state index in [1.54, 1.807) is 0 Å². The van der Waals surface area contributed by atoms with Gasteiger partial charge in [0.1, 0.15) is 11.5 Å². The molecule has 2 aliphatic heterocycles. The standard InChI is InChI=1S/C12H14FN3O2/c13-10-1-2-11(16(17)18)12(3-10)15-6-8-4-14-5-9(8)7-15/h1-3,8-9,14H,4-7H2/t8-,9+. The van der Waals surface area contributed by atoms with Crippen molar-refractivity contribution in [2.75, 3.05) is 31.1 Å². The van der Waals surface area contributed by atoms with Gasteiger partial charge in [0.25, 0.3) is 5.69 Å². The molecule has 2 aliphatic rings. The van der Waals surface area contributed by atoms with Crippen molar-refractivity contribution < 1.29 is 9.31 Å². The minimum Gasteiger partial charge on any atom is -0.365 e. The Bertz CT molecular complexity index is 482. The zero-order valence-corrected chi connectivity index (χ0v) is 9.80. The van der Waals surface area contributed by atoms with Crippen LogP contribution in [0.2, 0.25) is 0 Å². The summed E-state index contributed by atoms with van der Waals surface area (Å²) < 4.78 is 13.3. The van der Waals surface area contributed by atoms with Gasteiger partial charge >= 0.3 is 0 Å². The number of nitro benzene ring substituents is 1. The molecule has 18 heavy (non-hydrogen) atoms. The van der Waals surface area contributed by atoms with Gasteiger partial charge in [-0.25, -0.2) is 4.39 Å². The number of halogens is 1. The van der Waals surface area contributed by atoms with E-state index in [2.05, 4.69) is 5.32 Å². The lowest BCUT2D eigenvalue weighted by Crippen LogP contribution is -2.26. The first-order valence-electron chi connectivity index (χ1n) is 6.05. The molecule has 0 saturated carbocycles. The maximum atomic E-state index is 13.3. The number of hydrogen-bond donors (Lipinski definition) is 1. The van der Waals surface area contributed by atoms with E-state index in [0.717, 1.165) is 32.2 Å². The summed E-state index contributed by atoms with van der Waals surface area (Å²) in [6.07, 6.45) is 0. The monoisotopic (exact) mass is 251 g/mol. The van der Waals surface area contributed by atoms with Crippen molar-refractivity contribution in [3.8, 4) is 0 Å². The fraction of sp³-hybridized carbons (Fsp3) is 0.500. The van der Waals surface area contributed by atoms with Crippen LogP contribution in [0.5, 0.6) is 0 Å². The van der Waals surface area contributed by atoms with Gasteiger partial charge in [0.15, 0.2) is 0 Å². The number of fused-ring (bicyclic) bond motifs is 1. The van der Waals surface area contributed by atoms with E-state index < -0.39 is 10.7 Å². The van der Waals surface area contributed by atoms with Gasteiger partial charge in [-0.1, -0.05) is 0 Å². The van der Waals surface area contributed by atoms with E-state index in [1.807, 2.05) is 4.90 Å². The van der Waals surface area contributed by atoms with Crippen LogP contribution in [0.3, 0.4) is 0 Å². The minimum absolute atomic E-state index is 0.00988. The van der Waals surface area contributed by atoms with E-state index in [0.29, 0.717) is 17.5 Å². The molecule has 2 atom stereocenters. The molecule has 0 unspecified atom stereocenters. The Hall–Kier alpha value is -1.69. The Labute approximate surface area is 104 Å². The molecule has 0 aliphatic carbocycles. The lowest BCUT2D eigenvalue weighted by atomic mass is 10.0. The third kappa shape index (κ3) is 1.82. The van der Waals surface area contributed by atoms with Crippen LogP contribution >= 0.6 is 0 Å². The highest BCUT2D eigenvalue weighted by atomic mass is 19.1. The molecule has 1 N–H and O–H groups in total. The number of benzene rings is 1. The van der Waals surface area contributed by atoms with Gasteiger partial charge in [-0.2, -0.15) is 0 Å². The van der Waals surface area contributed by atoms with Gasteiger partial charge in [-0.3, -0.25) is 10.1 Å². The molecule has 0 radical (unpaired) electrons. The first kappa shape index (κ1) is 11.4. The van der Waals surface area contributed by atoms with Crippen LogP contribution < -0.4 is 10.2 Å². The Kier molecular flexibility index (Phi) is 2.66. The van der Waals surface area contributed by atoms with E-state index in [1.165, 1.54) is 12.1 Å². The van der Waals surface area contributed by atoms with Gasteiger partial charge in [0.2, 0.25) is 0 Å². The fourth-order valence-electron chi connectivity index (χ4n) is 2.96. The second-order valence-corrected chi connectivity index (χ2v) is 4.97. The van der Waals surface area contributed by atoms with Crippen LogP contribution in [-0.4, -0.2) is 31.1 Å². The molecule has 2 fully saturated rings. The Morgan fingerprint density at radius 3 is 2.61 bits per heavy atom. The van der Waals surface area contributed by atoms with Crippen molar-refractivity contribution in [3.63, 3.8) is 0 Å². The molecule has 6 heteroatoms. The highest BCUT2D eigenvalue weighted by Gasteiger charge is 2.38. The van der Waals surface area contributed by atoms with Crippen molar-refractivity contribution in [1.29, 1.82) is 0 Å². The van der Waals surface area contributed by atoms with Gasteiger partial charge in [0, 0.05) is 38.3 Å². The minimum atomic E-state index is -0.443. The molecule has 1 aromatic rings. The summed E-state index contributed by atoms with van der Waals surface area (Å²) in [7, 11) is 0. The summed E-state index contributed by atoms with van der Waals surface area (Å²) in [5, 5.41) is 14.3. The largest absolute Gasteiger partial charge is 0.365 e. The molecule has 1 aromatic carbocycles. The maximum absolute atomic E-state index is 13.3. The smallest absolute Gasteiger partial charge is 0.292 e. The van der Waals surface area contributed by atoms with Crippen molar-refractivity contribution in [1.82, 2.24) is 5.32 Å². The topological polar surface area (TPSA) is 58.4 Å². The average molecular weight is 251 g/mol. The molecule has 5 nitrogen and oxygen atoms in total. The zero-order chi connectivity index (χ0) is 12.7. The SMILES string of the molecule is O=[N+]([O-])c1ccc(F)cc1N1C[C@H]2CNC[C@H]2C1. The molecule has 3 rings (SSSR count). The molecular weight excluding hydrogens is 237 g/mol. The van der Waals surface area contributed by atoms with Crippen LogP contribution in [0.25, 0.3) is 0 Å². The fourth-order valence-corrected chi connectivity index (χ4v) is 2.96. The van der Waals surface area contributed by atoms with Crippen molar-refractivity contribution in [2.45, 2.75) is 0 Å². The predicted octanol–water partition coefficient (Wildman–Crippen LogP) is 1.39. The Balaban J connectivity index is 1.92. The summed E-state index contributed by atoms with van der Waals surface area (Å²) in [5.74, 6) is 0.617. The number of anilines is 1. The molecule has 2 heterocycles. The van der Waals surface area contributed by atoms with Gasteiger partial charge < -0.3 is 10.2 Å². The number of nitro groups is 1. The van der Waals surface area contributed by atoms with Crippen LogP contribution in [0.1, 0.15) is 0 Å². The molecule has 2 saturated heterocycles. The van der Waals surface area contributed by atoms with Crippen molar-refractivity contribution >= 4 is 11.4 Å². The Morgan fingerprint density at radius 1 is 1.33 bits per heavy atom. The number of nitrogens with zero attached hydrogens (tertiary/aromatic N) is 2. The summed E-state index contributed by atoms with van der Waals surface area (Å²) >= 11 is 0. The third-order valence-corrected chi connectivity index (χ3v) is 3.86. The number of nitrogens with one attached hydrogen (secondary N) is 1. The molecular formula is C12H14FN3O2. The molecule has 0 aromatic heterocycles. The van der Waals surface area contributed by atoms with Gasteiger partial charge in [-0.15, -0.1) is 0 Å². The van der Waals surface area contributed by atoms with Crippen molar-refractivity contribution in [3.05, 3.63) is 34.1 Å². The number of rotatable bonds is 2. The molecule has 0 bridgehead atoms. The second-order valence-electron chi connectivity index (χ2n) is 4.97. The summed E-state index contributed by atoms with van der Waals surface area (Å²) in [6, 6.07) is 3.66. The third-order valence-electron chi connectivity index (χ3n) is 3.86. The molecule has 0 spiro atoms. The Morgan fingerprint density at radius 2 is 2.00 bits per heavy atom. The van der Waals surface area contributed by atoms with E-state index in [9.17, 15) is 14.5 Å². The van der Waals surface area contributed by atoms with Crippen LogP contribution in [-0.2, 0) is 0 Å². The zero-order valence-electron chi connectivity index (χ0n) is 9.80. The first-order valence-corrected chi connectivity index (χ1v) is 6.05. The summed E-state index contributed by atoms with van der Waals surface area (Å²) in [6.45, 7) is 3.43. The van der Waals surface area contributed by atoms with E-state index in [-0.39, 0.29) is 5.69 Å². The van der Waals surface area contributed by atoms with Crippen molar-refractivity contribution in [2.24, 2.45) is 11.8 Å². The van der Waals surface area contributed by atoms with Crippen LogP contribution in [0.15, 0.2) is 18.2 Å². The lowest BCUT2D eigenvalue weighted by Gasteiger charge is -2.19. The lowest BCUT2D eigenvalue weighted by molar-refractivity contribution is -0.384. The highest BCUT2D eigenvalue weighted by Crippen LogP contribution is 2.35. The van der Waals surface area contributed by atoms with Crippen LogP contribution in [0.4, 0.5) is 15.8 Å². The first-order chi connectivity index (χ1) is 8.65. The molecule has 96 valence electrons. The average Bonchev–Trinajstić information content (AvgIpc) is 2.88. The van der Waals surface area contributed by atoms with Gasteiger partial charge in [-0.05, 0) is 17.9 Å². The highest BCUT2D eigenvalue weighted by molar-refractivity contribution is 5.64. The number of hydrogen-bond acceptors (Lipinski definition) is 4. The second kappa shape index (κ2) is 4.20. The maximum Gasteiger partial charge on any atom is 0.292 e. The molecule has 0 amide bonds. The predicted molar refractivity (Wildman–Crippen MR) is 65.1 cm³/mol. The quantitative estimate of drug-likeness (QED) is 0.637. The summed E-state index contributed by atoms with van der Waals surface area (Å²) in [5.41, 5.74) is 0.402. The van der Waals surface area contributed by atoms with Gasteiger partial charge in [0.05, 0.1) is 4.92 Å².